The van der Waals surface area contributed by atoms with E-state index in [-0.39, 0.29) is 29.7 Å². The molecule has 2 rings (SSSR count). The monoisotopic (exact) mass is 435 g/mol. The molecule has 0 saturated carbocycles. The average molecular weight is 436 g/mol. The number of hydrogen-bond donors (Lipinski definition) is 3. The van der Waals surface area contributed by atoms with Gasteiger partial charge in [0.25, 0.3) is 5.91 Å². The van der Waals surface area contributed by atoms with Gasteiger partial charge in [0.15, 0.2) is 0 Å². The van der Waals surface area contributed by atoms with Crippen LogP contribution in [0, 0.1) is 0 Å². The molecule has 0 spiro atoms. The first kappa shape index (κ1) is 22.6. The van der Waals surface area contributed by atoms with Crippen LogP contribution in [0.3, 0.4) is 0 Å². The van der Waals surface area contributed by atoms with E-state index in [1.165, 1.54) is 30.3 Å². The lowest BCUT2D eigenvalue weighted by Crippen LogP contribution is -2.26. The zero-order chi connectivity index (χ0) is 21.3. The maximum absolute atomic E-state index is 12.1. The van der Waals surface area contributed by atoms with E-state index in [9.17, 15) is 18.0 Å². The lowest BCUT2D eigenvalue weighted by atomic mass is 10.2. The fourth-order valence-corrected chi connectivity index (χ4v) is 3.47. The van der Waals surface area contributed by atoms with E-state index in [1.54, 1.807) is 24.3 Å². The van der Waals surface area contributed by atoms with Gasteiger partial charge in [0.1, 0.15) is 0 Å². The standard InChI is InChI=1S/C20H22ClN3O4S/c1-2-13-23-29(27,28)18-11-5-15(6-12-18)20(26)22-14-3-4-19(25)24-17-9-7-16(21)8-10-17/h2,5-12,23H,1,3-4,13-14H2,(H,22,26)(H,24,25). The number of halogens is 1. The molecule has 0 fully saturated rings. The Balaban J connectivity index is 1.76. The summed E-state index contributed by atoms with van der Waals surface area (Å²) in [5.74, 6) is -0.505. The first-order valence-electron chi connectivity index (χ1n) is 8.86. The molecule has 0 atom stereocenters. The van der Waals surface area contributed by atoms with E-state index in [1.807, 2.05) is 0 Å². The van der Waals surface area contributed by atoms with Crippen LogP contribution in [0.1, 0.15) is 23.2 Å². The minimum Gasteiger partial charge on any atom is -0.352 e. The number of hydrogen-bond acceptors (Lipinski definition) is 4. The summed E-state index contributed by atoms with van der Waals surface area (Å²) in [4.78, 5) is 24.1. The maximum Gasteiger partial charge on any atom is 0.251 e. The minimum absolute atomic E-state index is 0.0646. The predicted molar refractivity (Wildman–Crippen MR) is 113 cm³/mol. The summed E-state index contributed by atoms with van der Waals surface area (Å²) in [6.45, 7) is 3.89. The van der Waals surface area contributed by atoms with Crippen molar-refractivity contribution in [3.63, 3.8) is 0 Å². The van der Waals surface area contributed by atoms with Crippen LogP contribution >= 0.6 is 11.6 Å². The first-order valence-corrected chi connectivity index (χ1v) is 10.7. The van der Waals surface area contributed by atoms with E-state index < -0.39 is 10.0 Å². The first-order chi connectivity index (χ1) is 13.8. The van der Waals surface area contributed by atoms with E-state index in [4.69, 9.17) is 11.6 Å². The van der Waals surface area contributed by atoms with E-state index in [0.717, 1.165) is 0 Å². The van der Waals surface area contributed by atoms with Gasteiger partial charge in [-0.25, -0.2) is 13.1 Å². The summed E-state index contributed by atoms with van der Waals surface area (Å²) < 4.78 is 26.3. The molecule has 3 N–H and O–H groups in total. The predicted octanol–water partition coefficient (Wildman–Crippen LogP) is 2.95. The van der Waals surface area contributed by atoms with Gasteiger partial charge in [0, 0.05) is 35.8 Å². The Kier molecular flexibility index (Phi) is 8.38. The Labute approximate surface area is 175 Å². The quantitative estimate of drug-likeness (QED) is 0.394. The molecular weight excluding hydrogens is 414 g/mol. The molecule has 7 nitrogen and oxygen atoms in total. The zero-order valence-corrected chi connectivity index (χ0v) is 17.2. The van der Waals surface area contributed by atoms with Crippen molar-refractivity contribution in [2.24, 2.45) is 0 Å². The molecule has 2 amide bonds. The highest BCUT2D eigenvalue weighted by atomic mass is 35.5. The van der Waals surface area contributed by atoms with Crippen LogP contribution in [0.5, 0.6) is 0 Å². The summed E-state index contributed by atoms with van der Waals surface area (Å²) in [7, 11) is -3.63. The molecule has 0 aromatic heterocycles. The molecule has 9 heteroatoms. The molecule has 0 radical (unpaired) electrons. The largest absolute Gasteiger partial charge is 0.352 e. The van der Waals surface area contributed by atoms with Crippen molar-refractivity contribution < 1.29 is 18.0 Å². The molecule has 0 aliphatic rings. The molecule has 2 aromatic rings. The highest BCUT2D eigenvalue weighted by molar-refractivity contribution is 7.89. The minimum atomic E-state index is -3.63. The fourth-order valence-electron chi connectivity index (χ4n) is 2.35. The lowest BCUT2D eigenvalue weighted by Gasteiger charge is -2.08. The smallest absolute Gasteiger partial charge is 0.251 e. The number of rotatable bonds is 10. The molecular formula is C20H22ClN3O4S. The Bertz CT molecular complexity index is 958. The van der Waals surface area contributed by atoms with Gasteiger partial charge >= 0.3 is 0 Å². The normalized spacial score (nSPS) is 10.9. The van der Waals surface area contributed by atoms with Crippen LogP contribution < -0.4 is 15.4 Å². The number of anilines is 1. The third-order valence-corrected chi connectivity index (χ3v) is 5.53. The van der Waals surface area contributed by atoms with Gasteiger partial charge in [-0.3, -0.25) is 9.59 Å². The summed E-state index contributed by atoms with van der Waals surface area (Å²) in [5, 5.41) is 6.04. The number of amides is 2. The maximum atomic E-state index is 12.1. The SMILES string of the molecule is C=CCNS(=O)(=O)c1ccc(C(=O)NCCCC(=O)Nc2ccc(Cl)cc2)cc1. The van der Waals surface area contributed by atoms with Crippen molar-refractivity contribution >= 4 is 39.1 Å². The third-order valence-electron chi connectivity index (χ3n) is 3.84. The molecule has 0 bridgehead atoms. The van der Waals surface area contributed by atoms with Crippen LogP contribution in [0.15, 0.2) is 66.1 Å². The van der Waals surface area contributed by atoms with Crippen molar-refractivity contribution in [2.75, 3.05) is 18.4 Å². The second-order valence-corrected chi connectivity index (χ2v) is 8.28. The van der Waals surface area contributed by atoms with Crippen LogP contribution in [0.4, 0.5) is 5.69 Å². The highest BCUT2D eigenvalue weighted by Gasteiger charge is 2.14. The van der Waals surface area contributed by atoms with E-state index >= 15 is 0 Å². The fraction of sp³-hybridized carbons (Fsp3) is 0.200. The Hall–Kier alpha value is -2.68. The molecule has 2 aromatic carbocycles. The molecule has 0 heterocycles. The summed E-state index contributed by atoms with van der Waals surface area (Å²) >= 11 is 5.79. The van der Waals surface area contributed by atoms with Crippen molar-refractivity contribution in [2.45, 2.75) is 17.7 Å². The molecule has 29 heavy (non-hydrogen) atoms. The van der Waals surface area contributed by atoms with Gasteiger partial charge in [0.05, 0.1) is 4.90 Å². The van der Waals surface area contributed by atoms with Crippen molar-refractivity contribution in [3.05, 3.63) is 71.8 Å². The van der Waals surface area contributed by atoms with Crippen molar-refractivity contribution in [1.29, 1.82) is 0 Å². The van der Waals surface area contributed by atoms with E-state index in [0.29, 0.717) is 29.2 Å². The van der Waals surface area contributed by atoms with Crippen LogP contribution in [-0.4, -0.2) is 33.3 Å². The number of sulfonamides is 1. The number of benzene rings is 2. The van der Waals surface area contributed by atoms with Crippen LogP contribution in [0.2, 0.25) is 5.02 Å². The topological polar surface area (TPSA) is 104 Å². The number of carbonyl (C=O) groups excluding carboxylic acids is 2. The molecule has 0 saturated heterocycles. The number of carbonyl (C=O) groups is 2. The Morgan fingerprint density at radius 3 is 2.31 bits per heavy atom. The Morgan fingerprint density at radius 1 is 1.03 bits per heavy atom. The van der Waals surface area contributed by atoms with Crippen LogP contribution in [0.25, 0.3) is 0 Å². The molecule has 0 aliphatic heterocycles. The second kappa shape index (κ2) is 10.8. The zero-order valence-electron chi connectivity index (χ0n) is 15.7. The highest BCUT2D eigenvalue weighted by Crippen LogP contribution is 2.14. The Morgan fingerprint density at radius 2 is 1.69 bits per heavy atom. The van der Waals surface area contributed by atoms with Gasteiger partial charge in [0.2, 0.25) is 15.9 Å². The third kappa shape index (κ3) is 7.34. The van der Waals surface area contributed by atoms with Crippen LogP contribution in [-0.2, 0) is 14.8 Å². The van der Waals surface area contributed by atoms with Gasteiger partial charge in [-0.05, 0) is 55.0 Å². The summed E-state index contributed by atoms with van der Waals surface area (Å²) in [6, 6.07) is 12.4. The molecule has 0 unspecified atom stereocenters. The molecule has 0 aliphatic carbocycles. The summed E-state index contributed by atoms with van der Waals surface area (Å²) in [5.41, 5.74) is 0.986. The summed E-state index contributed by atoms with van der Waals surface area (Å²) in [6.07, 6.45) is 2.15. The second-order valence-electron chi connectivity index (χ2n) is 6.08. The lowest BCUT2D eigenvalue weighted by molar-refractivity contribution is -0.116. The number of nitrogens with one attached hydrogen (secondary N) is 3. The van der Waals surface area contributed by atoms with Gasteiger partial charge in [-0.2, -0.15) is 0 Å². The average Bonchev–Trinajstić information content (AvgIpc) is 2.71. The van der Waals surface area contributed by atoms with Gasteiger partial charge < -0.3 is 10.6 Å². The van der Waals surface area contributed by atoms with Gasteiger partial charge in [-0.15, -0.1) is 6.58 Å². The van der Waals surface area contributed by atoms with E-state index in [2.05, 4.69) is 21.9 Å². The van der Waals surface area contributed by atoms with Crippen molar-refractivity contribution in [3.8, 4) is 0 Å². The van der Waals surface area contributed by atoms with Gasteiger partial charge in [-0.1, -0.05) is 17.7 Å². The van der Waals surface area contributed by atoms with Crippen molar-refractivity contribution in [1.82, 2.24) is 10.0 Å². The molecule has 154 valence electrons.